The maximum absolute atomic E-state index is 11.6. The molecule has 0 amide bonds. The molecule has 0 spiro atoms. The first-order valence-electron chi connectivity index (χ1n) is 15.8. The first-order valence-corrected chi connectivity index (χ1v) is 17.1. The van der Waals surface area contributed by atoms with Crippen LogP contribution in [0, 0.1) is 0 Å². The van der Waals surface area contributed by atoms with Gasteiger partial charge in [0.25, 0.3) is 0 Å². The molecule has 0 saturated carbocycles. The SMILES string of the molecule is CCN(CC)CCN1c2cc(Cl)ccc2S[C@H]2[C@@H](O)[C@H](O)[C@@H](CNC(c3ccccc3)(c3ccccc3)c3ccccc3)O[C@H]21. The molecule has 6 rings (SSSR count). The highest BCUT2D eigenvalue weighted by Crippen LogP contribution is 2.47. The van der Waals surface area contributed by atoms with Crippen molar-refractivity contribution in [2.24, 2.45) is 0 Å². The molecule has 45 heavy (non-hydrogen) atoms. The van der Waals surface area contributed by atoms with Gasteiger partial charge >= 0.3 is 0 Å². The van der Waals surface area contributed by atoms with E-state index in [1.54, 1.807) is 11.8 Å². The first-order chi connectivity index (χ1) is 22.0. The number of fused-ring (bicyclic) bond motifs is 2. The van der Waals surface area contributed by atoms with Crippen molar-refractivity contribution in [1.29, 1.82) is 0 Å². The van der Waals surface area contributed by atoms with Crippen LogP contribution in [-0.4, -0.2) is 77.6 Å². The summed E-state index contributed by atoms with van der Waals surface area (Å²) in [6.07, 6.45) is -3.18. The Hall–Kier alpha value is -2.88. The van der Waals surface area contributed by atoms with Gasteiger partial charge in [0.15, 0.2) is 0 Å². The van der Waals surface area contributed by atoms with Crippen LogP contribution < -0.4 is 10.2 Å². The van der Waals surface area contributed by atoms with E-state index in [1.165, 1.54) is 0 Å². The molecule has 0 radical (unpaired) electrons. The van der Waals surface area contributed by atoms with E-state index in [-0.39, 0.29) is 5.25 Å². The minimum absolute atomic E-state index is 0.303. The lowest BCUT2D eigenvalue weighted by Gasteiger charge is -2.51. The van der Waals surface area contributed by atoms with Gasteiger partial charge in [0.2, 0.25) is 0 Å². The summed E-state index contributed by atoms with van der Waals surface area (Å²) in [5.41, 5.74) is 3.50. The monoisotopic (exact) mass is 643 g/mol. The molecule has 4 aromatic carbocycles. The molecule has 4 aromatic rings. The topological polar surface area (TPSA) is 68.2 Å². The number of aliphatic hydroxyl groups excluding tert-OH is 2. The Bertz CT molecular complexity index is 1430. The van der Waals surface area contributed by atoms with Crippen molar-refractivity contribution < 1.29 is 14.9 Å². The van der Waals surface area contributed by atoms with Crippen molar-refractivity contribution in [3.63, 3.8) is 0 Å². The fourth-order valence-electron chi connectivity index (χ4n) is 6.73. The van der Waals surface area contributed by atoms with Crippen LogP contribution in [0.4, 0.5) is 5.69 Å². The number of halogens is 1. The highest BCUT2D eigenvalue weighted by Gasteiger charge is 2.50. The van der Waals surface area contributed by atoms with Crippen molar-refractivity contribution in [2.45, 2.75) is 54.1 Å². The summed E-state index contributed by atoms with van der Waals surface area (Å²) in [6, 6.07) is 37.0. The second kappa shape index (κ2) is 14.3. The molecule has 0 unspecified atom stereocenters. The molecule has 2 aliphatic rings. The van der Waals surface area contributed by atoms with Crippen LogP contribution >= 0.6 is 23.4 Å². The smallest absolute Gasteiger partial charge is 0.145 e. The lowest BCUT2D eigenvalue weighted by atomic mass is 9.76. The Morgan fingerprint density at radius 1 is 0.822 bits per heavy atom. The van der Waals surface area contributed by atoms with E-state index in [4.69, 9.17) is 16.3 Å². The summed E-state index contributed by atoms with van der Waals surface area (Å²) >= 11 is 8.06. The molecule has 1 saturated heterocycles. The number of likely N-dealkylation sites (N-methyl/N-ethyl adjacent to an activating group) is 1. The highest BCUT2D eigenvalue weighted by atomic mass is 35.5. The fourth-order valence-corrected chi connectivity index (χ4v) is 8.26. The maximum Gasteiger partial charge on any atom is 0.145 e. The van der Waals surface area contributed by atoms with Crippen LogP contribution in [0.5, 0.6) is 0 Å². The lowest BCUT2D eigenvalue weighted by molar-refractivity contribution is -0.163. The van der Waals surface area contributed by atoms with Gasteiger partial charge in [-0.25, -0.2) is 0 Å². The van der Waals surface area contributed by atoms with Gasteiger partial charge in [-0.2, -0.15) is 0 Å². The summed E-state index contributed by atoms with van der Waals surface area (Å²) < 4.78 is 6.86. The molecule has 8 heteroatoms. The molecule has 3 N–H and O–H groups in total. The van der Waals surface area contributed by atoms with E-state index in [1.807, 2.05) is 72.8 Å². The first kappa shape index (κ1) is 32.1. The Morgan fingerprint density at radius 3 is 1.91 bits per heavy atom. The minimum Gasteiger partial charge on any atom is -0.389 e. The Balaban J connectivity index is 1.36. The van der Waals surface area contributed by atoms with Crippen LogP contribution in [0.25, 0.3) is 0 Å². The van der Waals surface area contributed by atoms with E-state index in [0.717, 1.165) is 46.9 Å². The van der Waals surface area contributed by atoms with Crippen molar-refractivity contribution in [3.05, 3.63) is 131 Å². The summed E-state index contributed by atoms with van der Waals surface area (Å²) in [7, 11) is 0. The molecular formula is C37H42ClN3O3S. The van der Waals surface area contributed by atoms with E-state index in [2.05, 4.69) is 65.4 Å². The van der Waals surface area contributed by atoms with Crippen LogP contribution in [0.3, 0.4) is 0 Å². The molecule has 5 atom stereocenters. The van der Waals surface area contributed by atoms with Gasteiger partial charge in [0.05, 0.1) is 22.6 Å². The normalized spacial score (nSPS) is 23.1. The zero-order valence-corrected chi connectivity index (χ0v) is 27.4. The standard InChI is InChI=1S/C37H42ClN3O3S/c1-3-40(4-2)22-23-41-30-24-29(38)20-21-32(30)45-35-34(43)33(42)31(44-36(35)41)25-39-37(26-14-8-5-9-15-26,27-16-10-6-11-17-27)28-18-12-7-13-19-28/h5-21,24,31,33-36,39,42-43H,3-4,22-23,25H2,1-2H3/t31-,33-,34+,35+,36-/m1/s1. The summed E-state index contributed by atoms with van der Waals surface area (Å²) in [6.45, 7) is 8.09. The van der Waals surface area contributed by atoms with Crippen LogP contribution in [0.1, 0.15) is 30.5 Å². The number of hydrogen-bond donors (Lipinski definition) is 3. The number of rotatable bonds is 11. The van der Waals surface area contributed by atoms with Crippen molar-refractivity contribution in [3.8, 4) is 0 Å². The van der Waals surface area contributed by atoms with E-state index in [9.17, 15) is 10.2 Å². The molecule has 2 heterocycles. The summed E-state index contributed by atoms with van der Waals surface area (Å²) in [5.74, 6) is 0. The number of nitrogens with one attached hydrogen (secondary N) is 1. The second-order valence-electron chi connectivity index (χ2n) is 11.7. The minimum atomic E-state index is -1.08. The van der Waals surface area contributed by atoms with Gasteiger partial charge in [-0.15, -0.1) is 11.8 Å². The van der Waals surface area contributed by atoms with Gasteiger partial charge in [0, 0.05) is 29.6 Å². The summed E-state index contributed by atoms with van der Waals surface area (Å²) in [4.78, 5) is 5.65. The largest absolute Gasteiger partial charge is 0.389 e. The Kier molecular flexibility index (Phi) is 10.2. The lowest BCUT2D eigenvalue weighted by Crippen LogP contribution is -2.65. The van der Waals surface area contributed by atoms with Gasteiger partial charge in [-0.1, -0.05) is 116 Å². The molecular weight excluding hydrogens is 602 g/mol. The van der Waals surface area contributed by atoms with Crippen molar-refractivity contribution in [2.75, 3.05) is 37.6 Å². The van der Waals surface area contributed by atoms with Crippen molar-refractivity contribution in [1.82, 2.24) is 10.2 Å². The van der Waals surface area contributed by atoms with Gasteiger partial charge in [0.1, 0.15) is 18.4 Å². The molecule has 6 nitrogen and oxygen atoms in total. The predicted molar refractivity (Wildman–Crippen MR) is 184 cm³/mol. The zero-order valence-electron chi connectivity index (χ0n) is 25.8. The molecule has 0 aliphatic carbocycles. The summed E-state index contributed by atoms with van der Waals surface area (Å²) in [5, 5.41) is 27.4. The third-order valence-electron chi connectivity index (χ3n) is 9.20. The zero-order chi connectivity index (χ0) is 31.4. The maximum atomic E-state index is 11.6. The number of hydrogen-bond acceptors (Lipinski definition) is 7. The van der Waals surface area contributed by atoms with Crippen molar-refractivity contribution >= 4 is 29.1 Å². The quantitative estimate of drug-likeness (QED) is 0.174. The van der Waals surface area contributed by atoms with Gasteiger partial charge < -0.3 is 24.7 Å². The van der Waals surface area contributed by atoms with Crippen LogP contribution in [0.2, 0.25) is 5.02 Å². The van der Waals surface area contributed by atoms with E-state index < -0.39 is 30.1 Å². The second-order valence-corrected chi connectivity index (χ2v) is 13.3. The van der Waals surface area contributed by atoms with Gasteiger partial charge in [-0.05, 0) is 48.0 Å². The number of benzene rings is 4. The number of aliphatic hydroxyl groups is 2. The molecule has 1 fully saturated rings. The number of nitrogens with zero attached hydrogens (tertiary/aromatic N) is 2. The molecule has 0 bridgehead atoms. The number of thioether (sulfide) groups is 1. The average Bonchev–Trinajstić information content (AvgIpc) is 3.09. The third-order valence-corrected chi connectivity index (χ3v) is 10.8. The predicted octanol–water partition coefficient (Wildman–Crippen LogP) is 5.99. The fraction of sp³-hybridized carbons (Fsp3) is 0.351. The molecule has 0 aromatic heterocycles. The number of anilines is 1. The average molecular weight is 644 g/mol. The van der Waals surface area contributed by atoms with E-state index in [0.29, 0.717) is 18.1 Å². The molecule has 2 aliphatic heterocycles. The van der Waals surface area contributed by atoms with Crippen LogP contribution in [0.15, 0.2) is 114 Å². The van der Waals surface area contributed by atoms with Gasteiger partial charge in [-0.3, -0.25) is 5.32 Å². The molecule has 236 valence electrons. The highest BCUT2D eigenvalue weighted by molar-refractivity contribution is 8.00. The van der Waals surface area contributed by atoms with E-state index >= 15 is 0 Å². The third kappa shape index (κ3) is 6.41. The number of ether oxygens (including phenoxy) is 1. The van der Waals surface area contributed by atoms with Crippen LogP contribution in [-0.2, 0) is 10.3 Å². The Morgan fingerprint density at radius 2 is 1.38 bits per heavy atom. The Labute approximate surface area is 276 Å².